The molecule has 0 aromatic heterocycles. The topological polar surface area (TPSA) is 44.8 Å². The highest BCUT2D eigenvalue weighted by molar-refractivity contribution is 5.81. The minimum atomic E-state index is 0.0951. The zero-order valence-electron chi connectivity index (χ0n) is 14.6. The monoisotopic (exact) mass is 329 g/mol. The second kappa shape index (κ2) is 5.96. The lowest BCUT2D eigenvalue weighted by molar-refractivity contribution is -0.124. The molecule has 0 spiro atoms. The standard InChI is InChI=1S/C19H27N3O2/c1-19(2)11-14-13-22(17(19)12-20-18(14)23)16-5-3-15(4-6-16)21-7-9-24-10-8-21/h3-6,14,17H,7-13H2,1-2H3,(H,20,23)/t14-,17+/m0/s1. The van der Waals surface area contributed by atoms with Gasteiger partial charge in [0.05, 0.1) is 25.2 Å². The van der Waals surface area contributed by atoms with Crippen molar-refractivity contribution in [1.82, 2.24) is 5.32 Å². The SMILES string of the molecule is CC1(C)C[C@H]2CN(c3ccc(N4CCOCC4)cc3)[C@@H]1CNC2=O. The molecule has 0 unspecified atom stereocenters. The molecule has 4 aliphatic rings. The van der Waals surface area contributed by atoms with Crippen LogP contribution in [0.2, 0.25) is 0 Å². The highest BCUT2D eigenvalue weighted by atomic mass is 16.5. The van der Waals surface area contributed by atoms with Gasteiger partial charge in [-0.1, -0.05) is 13.8 Å². The summed E-state index contributed by atoms with van der Waals surface area (Å²) in [6.45, 7) is 9.68. The van der Waals surface area contributed by atoms with Crippen LogP contribution in [0.3, 0.4) is 0 Å². The summed E-state index contributed by atoms with van der Waals surface area (Å²) in [6.07, 6.45) is 0.978. The van der Waals surface area contributed by atoms with Crippen LogP contribution in [0.1, 0.15) is 20.3 Å². The summed E-state index contributed by atoms with van der Waals surface area (Å²) in [5.74, 6) is 0.315. The molecular weight excluding hydrogens is 302 g/mol. The molecule has 1 aromatic carbocycles. The Balaban J connectivity index is 1.58. The Morgan fingerprint density at radius 3 is 2.50 bits per heavy atom. The summed E-state index contributed by atoms with van der Waals surface area (Å²) in [7, 11) is 0. The van der Waals surface area contributed by atoms with Crippen LogP contribution in [0.15, 0.2) is 24.3 Å². The summed E-state index contributed by atoms with van der Waals surface area (Å²) in [4.78, 5) is 17.1. The van der Waals surface area contributed by atoms with Gasteiger partial charge in [-0.15, -0.1) is 0 Å². The van der Waals surface area contributed by atoms with E-state index in [-0.39, 0.29) is 17.2 Å². The lowest BCUT2D eigenvalue weighted by Gasteiger charge is -2.47. The number of benzene rings is 1. The van der Waals surface area contributed by atoms with Gasteiger partial charge in [-0.05, 0) is 36.1 Å². The molecule has 2 bridgehead atoms. The predicted octanol–water partition coefficient (Wildman–Crippen LogP) is 1.87. The average Bonchev–Trinajstić information content (AvgIpc) is 2.82. The Hall–Kier alpha value is -1.75. The van der Waals surface area contributed by atoms with Gasteiger partial charge in [0.25, 0.3) is 0 Å². The van der Waals surface area contributed by atoms with E-state index < -0.39 is 0 Å². The number of nitrogens with zero attached hydrogens (tertiary/aromatic N) is 2. The van der Waals surface area contributed by atoms with E-state index in [2.05, 4.69) is 53.2 Å². The molecule has 4 heterocycles. The zero-order chi connectivity index (χ0) is 16.7. The fraction of sp³-hybridized carbons (Fsp3) is 0.632. The molecule has 4 aliphatic heterocycles. The second-order valence-electron chi connectivity index (χ2n) is 7.92. The van der Waals surface area contributed by atoms with Gasteiger partial charge in [0.1, 0.15) is 0 Å². The van der Waals surface area contributed by atoms with Crippen LogP contribution in [0.4, 0.5) is 11.4 Å². The van der Waals surface area contributed by atoms with Crippen LogP contribution in [0.5, 0.6) is 0 Å². The average molecular weight is 329 g/mol. The summed E-state index contributed by atoms with van der Waals surface area (Å²) in [5.41, 5.74) is 2.63. The number of morpholine rings is 1. The number of fused-ring (bicyclic) bond motifs is 4. The summed E-state index contributed by atoms with van der Waals surface area (Å²) in [6, 6.07) is 9.20. The van der Waals surface area contributed by atoms with Gasteiger partial charge in [-0.25, -0.2) is 0 Å². The number of ether oxygens (including phenoxy) is 1. The van der Waals surface area contributed by atoms with E-state index in [1.807, 2.05) is 0 Å². The van der Waals surface area contributed by atoms with E-state index in [1.165, 1.54) is 11.4 Å². The quantitative estimate of drug-likeness (QED) is 0.900. The maximum atomic E-state index is 12.2. The largest absolute Gasteiger partial charge is 0.378 e. The molecule has 4 fully saturated rings. The van der Waals surface area contributed by atoms with Gasteiger partial charge in [-0.3, -0.25) is 4.79 Å². The second-order valence-corrected chi connectivity index (χ2v) is 7.92. The molecule has 4 saturated heterocycles. The van der Waals surface area contributed by atoms with Gasteiger partial charge in [-0.2, -0.15) is 0 Å². The molecule has 5 heteroatoms. The molecular formula is C19H27N3O2. The molecule has 1 amide bonds. The molecule has 1 aromatic rings. The van der Waals surface area contributed by atoms with Crippen molar-refractivity contribution in [2.24, 2.45) is 11.3 Å². The smallest absolute Gasteiger partial charge is 0.224 e. The third-order valence-electron chi connectivity index (χ3n) is 5.87. The van der Waals surface area contributed by atoms with Crippen LogP contribution >= 0.6 is 0 Å². The number of anilines is 2. The van der Waals surface area contributed by atoms with Crippen molar-refractivity contribution >= 4 is 17.3 Å². The number of hydrogen-bond acceptors (Lipinski definition) is 4. The maximum absolute atomic E-state index is 12.2. The Bertz CT molecular complexity index is 608. The third-order valence-corrected chi connectivity index (χ3v) is 5.87. The van der Waals surface area contributed by atoms with Crippen molar-refractivity contribution < 1.29 is 9.53 Å². The van der Waals surface area contributed by atoms with Crippen molar-refractivity contribution in [1.29, 1.82) is 0 Å². The molecule has 24 heavy (non-hydrogen) atoms. The van der Waals surface area contributed by atoms with E-state index in [0.29, 0.717) is 6.04 Å². The van der Waals surface area contributed by atoms with Gasteiger partial charge < -0.3 is 19.9 Å². The third kappa shape index (κ3) is 2.75. The fourth-order valence-electron chi connectivity index (χ4n) is 4.49. The molecule has 0 radical (unpaired) electrons. The molecule has 130 valence electrons. The molecule has 2 atom stereocenters. The highest BCUT2D eigenvalue weighted by Gasteiger charge is 2.46. The number of carbonyl (C=O) groups is 1. The van der Waals surface area contributed by atoms with E-state index in [9.17, 15) is 4.79 Å². The number of piperidine rings is 1. The zero-order valence-corrected chi connectivity index (χ0v) is 14.6. The minimum absolute atomic E-state index is 0.0951. The molecule has 1 N–H and O–H groups in total. The number of carbonyl (C=O) groups excluding carboxylic acids is 1. The van der Waals surface area contributed by atoms with Crippen LogP contribution in [-0.4, -0.2) is 51.3 Å². The van der Waals surface area contributed by atoms with Crippen LogP contribution in [0.25, 0.3) is 0 Å². The first-order valence-corrected chi connectivity index (χ1v) is 9.02. The van der Waals surface area contributed by atoms with Crippen molar-refractivity contribution in [3.05, 3.63) is 24.3 Å². The lowest BCUT2D eigenvalue weighted by atomic mass is 9.73. The minimum Gasteiger partial charge on any atom is -0.378 e. The van der Waals surface area contributed by atoms with Crippen molar-refractivity contribution in [2.75, 3.05) is 49.2 Å². The van der Waals surface area contributed by atoms with Crippen LogP contribution in [-0.2, 0) is 9.53 Å². The number of nitrogens with one attached hydrogen (secondary N) is 1. The molecule has 0 aliphatic carbocycles. The Labute approximate surface area is 144 Å². The highest BCUT2D eigenvalue weighted by Crippen LogP contribution is 2.42. The molecule has 5 rings (SSSR count). The normalized spacial score (nSPS) is 29.3. The van der Waals surface area contributed by atoms with Gasteiger partial charge >= 0.3 is 0 Å². The number of amides is 1. The maximum Gasteiger partial charge on any atom is 0.224 e. The van der Waals surface area contributed by atoms with Crippen LogP contribution in [0, 0.1) is 11.3 Å². The first-order valence-electron chi connectivity index (χ1n) is 9.02. The van der Waals surface area contributed by atoms with E-state index in [0.717, 1.165) is 45.8 Å². The van der Waals surface area contributed by atoms with Crippen molar-refractivity contribution in [3.8, 4) is 0 Å². The lowest BCUT2D eigenvalue weighted by Crippen LogP contribution is -2.53. The van der Waals surface area contributed by atoms with E-state index >= 15 is 0 Å². The van der Waals surface area contributed by atoms with Crippen molar-refractivity contribution in [2.45, 2.75) is 26.3 Å². The number of rotatable bonds is 2. The Kier molecular flexibility index (Phi) is 3.91. The number of hydrogen-bond donors (Lipinski definition) is 1. The summed E-state index contributed by atoms with van der Waals surface area (Å²) >= 11 is 0. The molecule has 5 nitrogen and oxygen atoms in total. The summed E-state index contributed by atoms with van der Waals surface area (Å²) < 4.78 is 5.43. The van der Waals surface area contributed by atoms with Gasteiger partial charge in [0.15, 0.2) is 0 Å². The Morgan fingerprint density at radius 2 is 1.79 bits per heavy atom. The van der Waals surface area contributed by atoms with Crippen molar-refractivity contribution in [3.63, 3.8) is 0 Å². The van der Waals surface area contributed by atoms with E-state index in [1.54, 1.807) is 0 Å². The summed E-state index contributed by atoms with van der Waals surface area (Å²) in [5, 5.41) is 3.12. The van der Waals surface area contributed by atoms with Crippen LogP contribution < -0.4 is 15.1 Å². The fourth-order valence-corrected chi connectivity index (χ4v) is 4.49. The first-order chi connectivity index (χ1) is 11.5. The Morgan fingerprint density at radius 1 is 1.12 bits per heavy atom. The van der Waals surface area contributed by atoms with Gasteiger partial charge in [0, 0.05) is 37.6 Å². The predicted molar refractivity (Wildman–Crippen MR) is 95.5 cm³/mol. The molecule has 0 saturated carbocycles. The van der Waals surface area contributed by atoms with Gasteiger partial charge in [0.2, 0.25) is 5.91 Å². The van der Waals surface area contributed by atoms with E-state index in [4.69, 9.17) is 4.74 Å². The first kappa shape index (κ1) is 15.8.